The minimum atomic E-state index is -0.582. The zero-order chi connectivity index (χ0) is 19.4. The Kier molecular flexibility index (Phi) is 5.70. The molecule has 144 valence electrons. The molecule has 0 unspecified atom stereocenters. The number of aromatic nitrogens is 3. The predicted molar refractivity (Wildman–Crippen MR) is 98.0 cm³/mol. The van der Waals surface area contributed by atoms with E-state index in [4.69, 9.17) is 4.74 Å². The maximum atomic E-state index is 12.4. The monoisotopic (exact) mass is 374 g/mol. The van der Waals surface area contributed by atoms with Crippen molar-refractivity contribution in [3.05, 3.63) is 56.4 Å². The van der Waals surface area contributed by atoms with E-state index >= 15 is 0 Å². The molecular formula is C18H22N4O5. The van der Waals surface area contributed by atoms with Crippen LogP contribution in [0.25, 0.3) is 0 Å². The molecule has 0 spiro atoms. The summed E-state index contributed by atoms with van der Waals surface area (Å²) in [6.45, 7) is 2.90. The lowest BCUT2D eigenvalue weighted by atomic mass is 10.1. The van der Waals surface area contributed by atoms with Crippen LogP contribution in [0, 0.1) is 0 Å². The first-order chi connectivity index (χ1) is 13.0. The Morgan fingerprint density at radius 2 is 1.96 bits per heavy atom. The summed E-state index contributed by atoms with van der Waals surface area (Å²) in [7, 11) is 1.32. The molecule has 0 aliphatic carbocycles. The van der Waals surface area contributed by atoms with Crippen LogP contribution in [0.2, 0.25) is 0 Å². The van der Waals surface area contributed by atoms with E-state index in [1.54, 1.807) is 24.3 Å². The number of nitrogens with one attached hydrogen (secondary N) is 2. The summed E-state index contributed by atoms with van der Waals surface area (Å²) in [6.07, 6.45) is 1.22. The van der Waals surface area contributed by atoms with Crippen molar-refractivity contribution >= 4 is 11.9 Å². The number of ether oxygens (including phenoxy) is 2. The van der Waals surface area contributed by atoms with E-state index in [0.717, 1.165) is 10.1 Å². The Morgan fingerprint density at radius 3 is 2.56 bits per heavy atom. The Hall–Kier alpha value is -2.94. The van der Waals surface area contributed by atoms with Gasteiger partial charge in [-0.25, -0.2) is 19.0 Å². The zero-order valence-corrected chi connectivity index (χ0v) is 15.2. The van der Waals surface area contributed by atoms with Crippen LogP contribution in [0.5, 0.6) is 0 Å². The van der Waals surface area contributed by atoms with Gasteiger partial charge in [0.05, 0.1) is 18.7 Å². The Bertz CT molecular complexity index is 881. The van der Waals surface area contributed by atoms with Gasteiger partial charge >= 0.3 is 17.3 Å². The molecule has 1 aliphatic heterocycles. The number of carbonyl (C=O) groups excluding carboxylic acids is 1. The second-order valence-corrected chi connectivity index (χ2v) is 6.37. The number of hydrogen-bond acceptors (Lipinski definition) is 7. The fourth-order valence-corrected chi connectivity index (χ4v) is 3.07. The van der Waals surface area contributed by atoms with Crippen LogP contribution in [-0.4, -0.2) is 40.8 Å². The number of H-pyrrole nitrogens is 1. The normalized spacial score (nSPS) is 15.9. The molecule has 3 rings (SSSR count). The number of aromatic amines is 1. The highest BCUT2D eigenvalue weighted by Gasteiger charge is 2.20. The van der Waals surface area contributed by atoms with Gasteiger partial charge in [0.15, 0.2) is 0 Å². The lowest BCUT2D eigenvalue weighted by Crippen LogP contribution is -2.42. The highest BCUT2D eigenvalue weighted by atomic mass is 16.5. The van der Waals surface area contributed by atoms with E-state index < -0.39 is 17.3 Å². The molecule has 2 aromatic rings. The minimum absolute atomic E-state index is 0.109. The minimum Gasteiger partial charge on any atom is -0.465 e. The second kappa shape index (κ2) is 8.17. The molecule has 0 bridgehead atoms. The molecule has 1 aliphatic rings. The van der Waals surface area contributed by atoms with Gasteiger partial charge in [0, 0.05) is 19.3 Å². The van der Waals surface area contributed by atoms with Crippen molar-refractivity contribution in [2.45, 2.75) is 31.8 Å². The summed E-state index contributed by atoms with van der Waals surface area (Å²) < 4.78 is 11.1. The summed E-state index contributed by atoms with van der Waals surface area (Å²) in [6, 6.07) is 6.41. The van der Waals surface area contributed by atoms with Crippen molar-refractivity contribution in [2.24, 2.45) is 0 Å². The van der Waals surface area contributed by atoms with Gasteiger partial charge in [0.1, 0.15) is 0 Å². The average Bonchev–Trinajstić information content (AvgIpc) is 2.67. The van der Waals surface area contributed by atoms with Crippen LogP contribution in [0.15, 0.2) is 33.9 Å². The van der Waals surface area contributed by atoms with Crippen LogP contribution < -0.4 is 16.7 Å². The standard InChI is InChI=1S/C18H22N4O5/c1-11(12-3-5-13(6-4-12)15(23)26-2)19-16-20-17(24)22(18(25)21-16)14-7-9-27-10-8-14/h3-6,11,14H,7-10H2,1-2H3,(H2,19,20,21,24,25)/t11-/m0/s1. The molecule has 9 heteroatoms. The highest BCUT2D eigenvalue weighted by molar-refractivity contribution is 5.89. The predicted octanol–water partition coefficient (Wildman–Crippen LogP) is 1.24. The van der Waals surface area contributed by atoms with Crippen molar-refractivity contribution in [3.8, 4) is 0 Å². The van der Waals surface area contributed by atoms with Gasteiger partial charge in [-0.1, -0.05) is 12.1 Å². The molecule has 2 N–H and O–H groups in total. The fraction of sp³-hybridized carbons (Fsp3) is 0.444. The third kappa shape index (κ3) is 4.25. The van der Waals surface area contributed by atoms with E-state index in [0.29, 0.717) is 31.6 Å². The van der Waals surface area contributed by atoms with Gasteiger partial charge in [0.25, 0.3) is 0 Å². The number of nitrogens with zero attached hydrogens (tertiary/aromatic N) is 2. The van der Waals surface area contributed by atoms with E-state index in [-0.39, 0.29) is 18.0 Å². The highest BCUT2D eigenvalue weighted by Crippen LogP contribution is 2.18. The molecule has 1 fully saturated rings. The van der Waals surface area contributed by atoms with E-state index in [9.17, 15) is 14.4 Å². The van der Waals surface area contributed by atoms with Crippen LogP contribution in [0.1, 0.15) is 47.8 Å². The Morgan fingerprint density at radius 1 is 1.30 bits per heavy atom. The Labute approximate surface area is 155 Å². The lowest BCUT2D eigenvalue weighted by Gasteiger charge is -2.23. The van der Waals surface area contributed by atoms with Gasteiger partial charge in [-0.15, -0.1) is 0 Å². The molecule has 0 saturated carbocycles. The molecule has 0 radical (unpaired) electrons. The molecule has 1 saturated heterocycles. The van der Waals surface area contributed by atoms with Gasteiger partial charge < -0.3 is 14.8 Å². The third-order valence-corrected chi connectivity index (χ3v) is 4.60. The Balaban J connectivity index is 1.76. The second-order valence-electron chi connectivity index (χ2n) is 6.37. The number of hydrogen-bond donors (Lipinski definition) is 2. The van der Waals surface area contributed by atoms with Crippen LogP contribution >= 0.6 is 0 Å². The third-order valence-electron chi connectivity index (χ3n) is 4.60. The van der Waals surface area contributed by atoms with Crippen LogP contribution in [-0.2, 0) is 9.47 Å². The van der Waals surface area contributed by atoms with Gasteiger partial charge in [0.2, 0.25) is 5.95 Å². The average molecular weight is 374 g/mol. The van der Waals surface area contributed by atoms with Crippen molar-refractivity contribution < 1.29 is 14.3 Å². The number of anilines is 1. The van der Waals surface area contributed by atoms with Crippen LogP contribution in [0.4, 0.5) is 5.95 Å². The summed E-state index contributed by atoms with van der Waals surface area (Å²) in [5.41, 5.74) is 0.233. The smallest absolute Gasteiger partial charge is 0.355 e. The number of carbonyl (C=O) groups is 1. The molecule has 27 heavy (non-hydrogen) atoms. The quantitative estimate of drug-likeness (QED) is 0.757. The van der Waals surface area contributed by atoms with Crippen molar-refractivity contribution in [3.63, 3.8) is 0 Å². The summed E-state index contributed by atoms with van der Waals surface area (Å²) in [4.78, 5) is 42.8. The molecule has 9 nitrogen and oxygen atoms in total. The van der Waals surface area contributed by atoms with Crippen LogP contribution in [0.3, 0.4) is 0 Å². The molecule has 1 aromatic heterocycles. The molecule has 0 amide bonds. The molecular weight excluding hydrogens is 352 g/mol. The number of rotatable bonds is 5. The maximum absolute atomic E-state index is 12.4. The number of esters is 1. The van der Waals surface area contributed by atoms with E-state index in [1.165, 1.54) is 7.11 Å². The topological polar surface area (TPSA) is 115 Å². The van der Waals surface area contributed by atoms with Gasteiger partial charge in [-0.3, -0.25) is 4.98 Å². The number of benzene rings is 1. The fourth-order valence-electron chi connectivity index (χ4n) is 3.07. The molecule has 1 atom stereocenters. The summed E-state index contributed by atoms with van der Waals surface area (Å²) >= 11 is 0. The largest absolute Gasteiger partial charge is 0.465 e. The first-order valence-electron chi connectivity index (χ1n) is 8.75. The van der Waals surface area contributed by atoms with Gasteiger partial charge in [-0.05, 0) is 37.5 Å². The van der Waals surface area contributed by atoms with Gasteiger partial charge in [-0.2, -0.15) is 4.98 Å². The van der Waals surface area contributed by atoms with Crippen molar-refractivity contribution in [1.29, 1.82) is 0 Å². The van der Waals surface area contributed by atoms with E-state index in [1.807, 2.05) is 6.92 Å². The van der Waals surface area contributed by atoms with Crippen molar-refractivity contribution in [1.82, 2.24) is 14.5 Å². The molecule has 2 heterocycles. The maximum Gasteiger partial charge on any atom is 0.355 e. The van der Waals surface area contributed by atoms with Crippen molar-refractivity contribution in [2.75, 3.05) is 25.6 Å². The summed E-state index contributed by atoms with van der Waals surface area (Å²) in [5, 5.41) is 3.01. The van der Waals surface area contributed by atoms with E-state index in [2.05, 4.69) is 20.0 Å². The number of methoxy groups -OCH3 is 1. The molecule has 1 aromatic carbocycles. The lowest BCUT2D eigenvalue weighted by molar-refractivity contribution is 0.0600. The first-order valence-corrected chi connectivity index (χ1v) is 8.75. The first kappa shape index (κ1) is 18.8. The zero-order valence-electron chi connectivity index (χ0n) is 15.2. The SMILES string of the molecule is COC(=O)c1ccc([C@H](C)Nc2nc(=O)n(C3CCOCC3)c(=O)[nH]2)cc1. The summed E-state index contributed by atoms with van der Waals surface area (Å²) in [5.74, 6) is -0.303.